The van der Waals surface area contributed by atoms with Crippen LogP contribution in [0.5, 0.6) is 5.75 Å². The lowest BCUT2D eigenvalue weighted by atomic mass is 10.1. The highest BCUT2D eigenvalue weighted by atomic mass is 35.5. The molecule has 2 saturated heterocycles. The van der Waals surface area contributed by atoms with E-state index in [4.69, 9.17) is 4.74 Å². The molecule has 2 aromatic rings. The summed E-state index contributed by atoms with van der Waals surface area (Å²) in [4.78, 5) is 9.62. The minimum Gasteiger partial charge on any atom is -0.487 e. The number of aromatic nitrogens is 1. The van der Waals surface area contributed by atoms with Crippen LogP contribution < -0.4 is 10.1 Å². The molecule has 0 aliphatic carbocycles. The van der Waals surface area contributed by atoms with Crippen molar-refractivity contribution in [1.29, 1.82) is 0 Å². The number of aryl methyl sites for hydroxylation is 2. The van der Waals surface area contributed by atoms with Gasteiger partial charge in [-0.3, -0.25) is 14.8 Å². The number of nitrogens with zero attached hydrogens (tertiary/aromatic N) is 3. The average Bonchev–Trinajstić information content (AvgIpc) is 3.17. The normalized spacial score (nSPS) is 20.4. The Hall–Kier alpha value is -1.66. The molecule has 0 saturated carbocycles. The van der Waals surface area contributed by atoms with Crippen LogP contribution in [0.15, 0.2) is 36.5 Å². The summed E-state index contributed by atoms with van der Waals surface area (Å²) in [7, 11) is 0. The van der Waals surface area contributed by atoms with Gasteiger partial charge in [0.15, 0.2) is 0 Å². The maximum absolute atomic E-state index is 6.09. The Kier molecular flexibility index (Phi) is 7.90. The number of likely N-dealkylation sites (tertiary alicyclic amines) is 1. The molecule has 2 aliphatic heterocycles. The van der Waals surface area contributed by atoms with Gasteiger partial charge in [-0.2, -0.15) is 0 Å². The molecule has 6 heteroatoms. The fourth-order valence-electron chi connectivity index (χ4n) is 4.55. The number of rotatable bonds is 6. The molecular formula is C23H33ClN4O. The summed E-state index contributed by atoms with van der Waals surface area (Å²) < 4.78 is 6.09. The number of pyridine rings is 1. The topological polar surface area (TPSA) is 40.6 Å². The maximum atomic E-state index is 6.09. The quantitative estimate of drug-likeness (QED) is 0.783. The molecule has 1 aromatic carbocycles. The molecule has 4 rings (SSSR count). The third kappa shape index (κ3) is 5.70. The van der Waals surface area contributed by atoms with E-state index in [1.54, 1.807) is 0 Å². The van der Waals surface area contributed by atoms with Gasteiger partial charge < -0.3 is 10.1 Å². The second-order valence-electron chi connectivity index (χ2n) is 8.13. The van der Waals surface area contributed by atoms with E-state index in [1.165, 1.54) is 49.3 Å². The molecule has 0 amide bonds. The third-order valence-electron chi connectivity index (χ3n) is 5.93. The molecule has 0 radical (unpaired) electrons. The van der Waals surface area contributed by atoms with Crippen LogP contribution in [-0.4, -0.2) is 60.1 Å². The molecule has 2 fully saturated rings. The molecular weight excluding hydrogens is 384 g/mol. The van der Waals surface area contributed by atoms with Gasteiger partial charge in [0.25, 0.3) is 0 Å². The molecule has 5 nitrogen and oxygen atoms in total. The van der Waals surface area contributed by atoms with Crippen LogP contribution in [0.3, 0.4) is 0 Å². The molecule has 29 heavy (non-hydrogen) atoms. The number of hydrogen-bond donors (Lipinski definition) is 1. The summed E-state index contributed by atoms with van der Waals surface area (Å²) >= 11 is 0. The van der Waals surface area contributed by atoms with Crippen LogP contribution in [0.4, 0.5) is 0 Å². The standard InChI is InChI=1S/C23H32N4O.ClH/c1-18-13-20(14-19(2)23(18)28-17-21-5-3-4-7-25-21)15-26-10-6-22(16-26)27-11-8-24-9-12-27;/h3-5,7,13-14,22,24H,6,8-12,15-17H2,1-2H3;1H. The van der Waals surface area contributed by atoms with Crippen LogP contribution in [-0.2, 0) is 13.2 Å². The zero-order valence-corrected chi connectivity index (χ0v) is 18.4. The van der Waals surface area contributed by atoms with Crippen molar-refractivity contribution in [3.05, 3.63) is 58.9 Å². The zero-order chi connectivity index (χ0) is 19.3. The van der Waals surface area contributed by atoms with Gasteiger partial charge in [-0.25, -0.2) is 0 Å². The van der Waals surface area contributed by atoms with E-state index in [2.05, 4.69) is 46.1 Å². The van der Waals surface area contributed by atoms with Crippen molar-refractivity contribution < 1.29 is 4.74 Å². The molecule has 1 aromatic heterocycles. The summed E-state index contributed by atoms with van der Waals surface area (Å²) in [6, 6.07) is 11.2. The summed E-state index contributed by atoms with van der Waals surface area (Å²) in [5.41, 5.74) is 4.77. The van der Waals surface area contributed by atoms with Crippen LogP contribution >= 0.6 is 12.4 Å². The van der Waals surface area contributed by atoms with Crippen LogP contribution in [0, 0.1) is 13.8 Å². The van der Waals surface area contributed by atoms with E-state index >= 15 is 0 Å². The van der Waals surface area contributed by atoms with E-state index in [9.17, 15) is 0 Å². The Morgan fingerprint density at radius 2 is 1.86 bits per heavy atom. The van der Waals surface area contributed by atoms with Gasteiger partial charge in [-0.05, 0) is 49.1 Å². The van der Waals surface area contributed by atoms with Crippen LogP contribution in [0.1, 0.15) is 28.8 Å². The largest absolute Gasteiger partial charge is 0.487 e. The number of benzene rings is 1. The van der Waals surface area contributed by atoms with Gasteiger partial charge in [-0.1, -0.05) is 18.2 Å². The fraction of sp³-hybridized carbons (Fsp3) is 0.522. The molecule has 1 N–H and O–H groups in total. The Morgan fingerprint density at radius 1 is 1.10 bits per heavy atom. The Morgan fingerprint density at radius 3 is 2.55 bits per heavy atom. The molecule has 2 aliphatic rings. The minimum atomic E-state index is 0. The second kappa shape index (κ2) is 10.4. The van der Waals surface area contributed by atoms with Crippen molar-refractivity contribution in [2.75, 3.05) is 39.3 Å². The second-order valence-corrected chi connectivity index (χ2v) is 8.13. The molecule has 158 valence electrons. The van der Waals surface area contributed by atoms with E-state index in [0.717, 1.165) is 37.1 Å². The van der Waals surface area contributed by atoms with Crippen molar-refractivity contribution in [2.24, 2.45) is 0 Å². The average molecular weight is 417 g/mol. The third-order valence-corrected chi connectivity index (χ3v) is 5.93. The molecule has 3 heterocycles. The predicted octanol–water partition coefficient (Wildman–Crippen LogP) is 3.18. The highest BCUT2D eigenvalue weighted by Crippen LogP contribution is 2.27. The number of nitrogens with one attached hydrogen (secondary N) is 1. The SMILES string of the molecule is Cc1cc(CN2CCC(N3CCNCC3)C2)cc(C)c1OCc1ccccn1.Cl. The number of piperazine rings is 1. The molecule has 0 bridgehead atoms. The van der Waals surface area contributed by atoms with Gasteiger partial charge in [0, 0.05) is 58.1 Å². The van der Waals surface area contributed by atoms with Crippen molar-refractivity contribution in [2.45, 2.75) is 39.5 Å². The zero-order valence-electron chi connectivity index (χ0n) is 17.6. The number of ether oxygens (including phenoxy) is 1. The lowest BCUT2D eigenvalue weighted by Crippen LogP contribution is -2.49. The Balaban J connectivity index is 0.00000240. The maximum Gasteiger partial charge on any atom is 0.130 e. The summed E-state index contributed by atoms with van der Waals surface area (Å²) in [6.07, 6.45) is 3.11. The van der Waals surface area contributed by atoms with E-state index in [0.29, 0.717) is 6.61 Å². The molecule has 1 atom stereocenters. The van der Waals surface area contributed by atoms with Crippen molar-refractivity contribution in [1.82, 2.24) is 20.1 Å². The Bertz CT molecular complexity index is 757. The first-order valence-electron chi connectivity index (χ1n) is 10.5. The number of halogens is 1. The van der Waals surface area contributed by atoms with Gasteiger partial charge in [0.2, 0.25) is 0 Å². The first-order valence-corrected chi connectivity index (χ1v) is 10.5. The van der Waals surface area contributed by atoms with Crippen molar-refractivity contribution in [3.8, 4) is 5.75 Å². The molecule has 1 unspecified atom stereocenters. The molecule has 0 spiro atoms. The monoisotopic (exact) mass is 416 g/mol. The van der Waals surface area contributed by atoms with E-state index in [1.807, 2.05) is 24.4 Å². The lowest BCUT2D eigenvalue weighted by Gasteiger charge is -2.32. The summed E-state index contributed by atoms with van der Waals surface area (Å²) in [5, 5.41) is 3.46. The van der Waals surface area contributed by atoms with Gasteiger partial charge in [-0.15, -0.1) is 12.4 Å². The fourth-order valence-corrected chi connectivity index (χ4v) is 4.55. The first kappa shape index (κ1) is 22.0. The van der Waals surface area contributed by atoms with Gasteiger partial charge >= 0.3 is 0 Å². The summed E-state index contributed by atoms with van der Waals surface area (Å²) in [6.45, 7) is 12.9. The minimum absolute atomic E-state index is 0. The van der Waals surface area contributed by atoms with Crippen molar-refractivity contribution >= 4 is 12.4 Å². The number of hydrogen-bond acceptors (Lipinski definition) is 5. The van der Waals surface area contributed by atoms with Crippen molar-refractivity contribution in [3.63, 3.8) is 0 Å². The smallest absolute Gasteiger partial charge is 0.130 e. The van der Waals surface area contributed by atoms with Crippen LogP contribution in [0.25, 0.3) is 0 Å². The van der Waals surface area contributed by atoms with Gasteiger partial charge in [0.05, 0.1) is 5.69 Å². The Labute approximate surface area is 180 Å². The summed E-state index contributed by atoms with van der Waals surface area (Å²) in [5.74, 6) is 0.995. The highest BCUT2D eigenvalue weighted by molar-refractivity contribution is 5.85. The highest BCUT2D eigenvalue weighted by Gasteiger charge is 2.28. The van der Waals surface area contributed by atoms with E-state index < -0.39 is 0 Å². The lowest BCUT2D eigenvalue weighted by molar-refractivity contribution is 0.170. The van der Waals surface area contributed by atoms with E-state index in [-0.39, 0.29) is 12.4 Å². The first-order chi connectivity index (χ1) is 13.7. The van der Waals surface area contributed by atoms with Gasteiger partial charge in [0.1, 0.15) is 12.4 Å². The van der Waals surface area contributed by atoms with Crippen LogP contribution in [0.2, 0.25) is 0 Å². The predicted molar refractivity (Wildman–Crippen MR) is 120 cm³/mol.